The maximum atomic E-state index is 6.11. The van der Waals surface area contributed by atoms with E-state index in [1.54, 1.807) is 0 Å². The Kier molecular flexibility index (Phi) is 4.48. The molecule has 0 saturated carbocycles. The lowest BCUT2D eigenvalue weighted by atomic mass is 10.0. The summed E-state index contributed by atoms with van der Waals surface area (Å²) >= 11 is 3.55. The molecule has 1 unspecified atom stereocenters. The minimum atomic E-state index is 0.154. The van der Waals surface area contributed by atoms with Crippen molar-refractivity contribution in [2.45, 2.75) is 26.4 Å². The second-order valence-corrected chi connectivity index (χ2v) is 5.43. The van der Waals surface area contributed by atoms with Crippen LogP contribution in [0.1, 0.15) is 20.3 Å². The first-order chi connectivity index (χ1) is 9.11. The molecule has 0 saturated heterocycles. The first-order valence-electron chi connectivity index (χ1n) is 6.43. The van der Waals surface area contributed by atoms with E-state index in [1.165, 1.54) is 0 Å². The molecule has 0 amide bonds. The van der Waals surface area contributed by atoms with Gasteiger partial charge in [-0.15, -0.1) is 0 Å². The van der Waals surface area contributed by atoms with Gasteiger partial charge in [0.15, 0.2) is 5.75 Å². The topological polar surface area (TPSA) is 35.2 Å². The Hall–Kier alpha value is -1.48. The third kappa shape index (κ3) is 3.29. The van der Waals surface area contributed by atoms with Crippen LogP contribution >= 0.6 is 15.9 Å². The second-order valence-electron chi connectivity index (χ2n) is 4.58. The largest absolute Gasteiger partial charge is 0.487 e. The van der Waals surface area contributed by atoms with E-state index in [1.807, 2.05) is 37.3 Å². The summed E-state index contributed by atoms with van der Waals surface area (Å²) in [6.45, 7) is 4.13. The molecule has 3 heteroatoms. The van der Waals surface area contributed by atoms with Crippen molar-refractivity contribution in [3.63, 3.8) is 0 Å². The molecule has 0 bridgehead atoms. The van der Waals surface area contributed by atoms with Crippen LogP contribution in [0, 0.1) is 0 Å². The van der Waals surface area contributed by atoms with Crippen LogP contribution in [0.5, 0.6) is 5.75 Å². The maximum absolute atomic E-state index is 6.11. The van der Waals surface area contributed by atoms with Crippen LogP contribution < -0.4 is 10.5 Å². The van der Waals surface area contributed by atoms with Crippen molar-refractivity contribution in [3.8, 4) is 16.9 Å². The summed E-state index contributed by atoms with van der Waals surface area (Å²) in [6, 6.07) is 14.2. The molecule has 0 fully saturated rings. The number of ether oxygens (including phenoxy) is 1. The minimum absolute atomic E-state index is 0.154. The lowest BCUT2D eigenvalue weighted by Gasteiger charge is -2.17. The zero-order chi connectivity index (χ0) is 13.8. The number of hydrogen-bond acceptors (Lipinski definition) is 2. The highest BCUT2D eigenvalue weighted by Gasteiger charge is 2.12. The highest BCUT2D eigenvalue weighted by Crippen LogP contribution is 2.37. The van der Waals surface area contributed by atoms with Gasteiger partial charge in [0.05, 0.1) is 16.3 Å². The zero-order valence-corrected chi connectivity index (χ0v) is 12.8. The second kappa shape index (κ2) is 6.11. The quantitative estimate of drug-likeness (QED) is 0.815. The SMILES string of the molecule is CCC(C)Oc1c(N)cc(-c2ccccc2)cc1Br. The van der Waals surface area contributed by atoms with Crippen LogP contribution in [0.15, 0.2) is 46.9 Å². The van der Waals surface area contributed by atoms with Crippen molar-refractivity contribution in [1.29, 1.82) is 0 Å². The Labute approximate surface area is 122 Å². The van der Waals surface area contributed by atoms with Crippen LogP contribution in [-0.2, 0) is 0 Å². The molecule has 2 rings (SSSR count). The van der Waals surface area contributed by atoms with Crippen molar-refractivity contribution in [2.75, 3.05) is 5.73 Å². The molecule has 2 aromatic carbocycles. The fourth-order valence-electron chi connectivity index (χ4n) is 1.82. The van der Waals surface area contributed by atoms with Gasteiger partial charge >= 0.3 is 0 Å². The molecule has 0 aliphatic rings. The van der Waals surface area contributed by atoms with Gasteiger partial charge in [0, 0.05) is 0 Å². The lowest BCUT2D eigenvalue weighted by molar-refractivity contribution is 0.217. The Morgan fingerprint density at radius 1 is 1.16 bits per heavy atom. The molecule has 0 radical (unpaired) electrons. The average Bonchev–Trinajstić information content (AvgIpc) is 2.43. The van der Waals surface area contributed by atoms with E-state index in [-0.39, 0.29) is 6.10 Å². The molecule has 0 heterocycles. The summed E-state index contributed by atoms with van der Waals surface area (Å²) in [6.07, 6.45) is 1.10. The zero-order valence-electron chi connectivity index (χ0n) is 11.2. The van der Waals surface area contributed by atoms with Gasteiger partial charge in [-0.05, 0) is 52.5 Å². The summed E-state index contributed by atoms with van der Waals surface area (Å²) in [7, 11) is 0. The van der Waals surface area contributed by atoms with Gasteiger partial charge in [-0.2, -0.15) is 0 Å². The molecule has 2 aromatic rings. The average molecular weight is 320 g/mol. The van der Waals surface area contributed by atoms with E-state index >= 15 is 0 Å². The van der Waals surface area contributed by atoms with Gasteiger partial charge in [-0.3, -0.25) is 0 Å². The highest BCUT2D eigenvalue weighted by molar-refractivity contribution is 9.10. The Balaban J connectivity index is 2.37. The van der Waals surface area contributed by atoms with Crippen LogP contribution in [0.2, 0.25) is 0 Å². The van der Waals surface area contributed by atoms with E-state index in [0.717, 1.165) is 27.8 Å². The number of rotatable bonds is 4. The van der Waals surface area contributed by atoms with Gasteiger partial charge in [0.25, 0.3) is 0 Å². The number of hydrogen-bond donors (Lipinski definition) is 1. The monoisotopic (exact) mass is 319 g/mol. The molecule has 100 valence electrons. The van der Waals surface area contributed by atoms with Crippen LogP contribution in [0.4, 0.5) is 5.69 Å². The summed E-state index contributed by atoms with van der Waals surface area (Å²) < 4.78 is 6.74. The standard InChI is InChI=1S/C16H18BrNO/c1-3-11(2)19-16-14(17)9-13(10-15(16)18)12-7-5-4-6-8-12/h4-11H,3,18H2,1-2H3. The molecule has 2 nitrogen and oxygen atoms in total. The summed E-state index contributed by atoms with van der Waals surface area (Å²) in [5, 5.41) is 0. The van der Waals surface area contributed by atoms with Crippen molar-refractivity contribution >= 4 is 21.6 Å². The molecule has 0 aliphatic carbocycles. The number of nitrogen functional groups attached to an aromatic ring is 1. The molecular weight excluding hydrogens is 302 g/mol. The van der Waals surface area contributed by atoms with E-state index < -0.39 is 0 Å². The summed E-state index contributed by atoms with van der Waals surface area (Å²) in [5.74, 6) is 0.731. The fraction of sp³-hybridized carbons (Fsp3) is 0.250. The maximum Gasteiger partial charge on any atom is 0.156 e. The summed E-state index contributed by atoms with van der Waals surface area (Å²) in [4.78, 5) is 0. The Bertz CT molecular complexity index is 531. The first kappa shape index (κ1) is 13.9. The molecular formula is C16H18BrNO. The Morgan fingerprint density at radius 2 is 1.84 bits per heavy atom. The van der Waals surface area contributed by atoms with Crippen LogP contribution in [0.25, 0.3) is 11.1 Å². The molecule has 0 aromatic heterocycles. The smallest absolute Gasteiger partial charge is 0.156 e. The predicted molar refractivity (Wildman–Crippen MR) is 84.4 cm³/mol. The lowest BCUT2D eigenvalue weighted by Crippen LogP contribution is -2.11. The van der Waals surface area contributed by atoms with Crippen LogP contribution in [-0.4, -0.2) is 6.10 Å². The normalized spacial score (nSPS) is 12.2. The first-order valence-corrected chi connectivity index (χ1v) is 7.22. The van der Waals surface area contributed by atoms with Crippen molar-refractivity contribution in [1.82, 2.24) is 0 Å². The minimum Gasteiger partial charge on any atom is -0.487 e. The molecule has 1 atom stereocenters. The van der Waals surface area contributed by atoms with Crippen LogP contribution in [0.3, 0.4) is 0 Å². The third-order valence-corrected chi connectivity index (χ3v) is 3.66. The number of halogens is 1. The van der Waals surface area contributed by atoms with Crippen molar-refractivity contribution in [2.24, 2.45) is 0 Å². The van der Waals surface area contributed by atoms with E-state index in [9.17, 15) is 0 Å². The van der Waals surface area contributed by atoms with E-state index in [2.05, 4.69) is 35.0 Å². The number of nitrogens with two attached hydrogens (primary N) is 1. The van der Waals surface area contributed by atoms with Crippen molar-refractivity contribution < 1.29 is 4.74 Å². The Morgan fingerprint density at radius 3 is 2.42 bits per heavy atom. The van der Waals surface area contributed by atoms with Crippen molar-refractivity contribution in [3.05, 3.63) is 46.9 Å². The van der Waals surface area contributed by atoms with E-state index in [4.69, 9.17) is 10.5 Å². The number of benzene rings is 2. The van der Waals surface area contributed by atoms with E-state index in [0.29, 0.717) is 5.69 Å². The van der Waals surface area contributed by atoms with Gasteiger partial charge in [0.1, 0.15) is 0 Å². The predicted octanol–water partition coefficient (Wildman–Crippen LogP) is 4.88. The molecule has 0 aliphatic heterocycles. The highest BCUT2D eigenvalue weighted by atomic mass is 79.9. The van der Waals surface area contributed by atoms with Gasteiger partial charge < -0.3 is 10.5 Å². The number of anilines is 1. The fourth-order valence-corrected chi connectivity index (χ4v) is 2.39. The third-order valence-electron chi connectivity index (χ3n) is 3.07. The van der Waals surface area contributed by atoms with Gasteiger partial charge in [0.2, 0.25) is 0 Å². The molecule has 0 spiro atoms. The van der Waals surface area contributed by atoms with Gasteiger partial charge in [-0.1, -0.05) is 37.3 Å². The van der Waals surface area contributed by atoms with Gasteiger partial charge in [-0.25, -0.2) is 0 Å². The molecule has 19 heavy (non-hydrogen) atoms. The molecule has 2 N–H and O–H groups in total. The summed E-state index contributed by atoms with van der Waals surface area (Å²) in [5.41, 5.74) is 9.00.